The van der Waals surface area contributed by atoms with E-state index in [9.17, 15) is 4.79 Å². The van der Waals surface area contributed by atoms with E-state index in [0.29, 0.717) is 18.9 Å². The molecular formula is C30H37N5O2. The molecule has 2 aliphatic rings. The topological polar surface area (TPSA) is 88.1 Å². The Morgan fingerprint density at radius 3 is 1.92 bits per heavy atom. The smallest absolute Gasteiger partial charge is 0.182 e. The molecule has 0 spiro atoms. The largest absolute Gasteiger partial charge is 0.399 e. The molecule has 37 heavy (non-hydrogen) atoms. The maximum Gasteiger partial charge on any atom is 0.182 e. The highest BCUT2D eigenvalue weighted by molar-refractivity contribution is 6.03. The molecule has 194 valence electrons. The summed E-state index contributed by atoms with van der Waals surface area (Å²) in [4.78, 5) is 20.2. The molecule has 2 fully saturated rings. The van der Waals surface area contributed by atoms with E-state index in [1.165, 1.54) is 5.69 Å². The molecule has 0 atom stereocenters. The summed E-state index contributed by atoms with van der Waals surface area (Å²) >= 11 is 0. The number of carbonyl (C=O) groups is 1. The number of morpholine rings is 1. The van der Waals surface area contributed by atoms with Gasteiger partial charge < -0.3 is 26.0 Å². The maximum absolute atomic E-state index is 13.3. The number of hydrogen-bond acceptors (Lipinski definition) is 7. The summed E-state index contributed by atoms with van der Waals surface area (Å²) in [5.41, 5.74) is 18.2. The summed E-state index contributed by atoms with van der Waals surface area (Å²) in [7, 11) is 0. The minimum atomic E-state index is -0.545. The number of benzene rings is 3. The Kier molecular flexibility index (Phi) is 7.09. The lowest BCUT2D eigenvalue weighted by Crippen LogP contribution is -2.54. The standard InChI is InChI=1S/C30H37N5O2/c1-30(2,35-17-19-37-20-18-35)29(36)24-5-3-22(4-6-24)23-7-10-26(11-8-23)33-13-15-34(16-14-33)28-12-9-25(31)21-27(28)32/h3-12,21H,13-20,31-32H2,1-2H3. The summed E-state index contributed by atoms with van der Waals surface area (Å²) in [6.07, 6.45) is 0. The Morgan fingerprint density at radius 2 is 1.32 bits per heavy atom. The van der Waals surface area contributed by atoms with Crippen LogP contribution in [0.2, 0.25) is 0 Å². The van der Waals surface area contributed by atoms with Gasteiger partial charge in [-0.15, -0.1) is 0 Å². The van der Waals surface area contributed by atoms with Crippen LogP contribution >= 0.6 is 0 Å². The van der Waals surface area contributed by atoms with Crippen molar-refractivity contribution in [3.8, 4) is 11.1 Å². The molecule has 3 aromatic carbocycles. The van der Waals surface area contributed by atoms with Crippen molar-refractivity contribution < 1.29 is 9.53 Å². The molecular weight excluding hydrogens is 462 g/mol. The monoisotopic (exact) mass is 499 g/mol. The van der Waals surface area contributed by atoms with Crippen molar-refractivity contribution in [1.82, 2.24) is 4.90 Å². The Hall–Kier alpha value is -3.55. The van der Waals surface area contributed by atoms with E-state index in [1.54, 1.807) is 0 Å². The average Bonchev–Trinajstić information content (AvgIpc) is 2.93. The normalized spacial score (nSPS) is 17.1. The second-order valence-corrected chi connectivity index (χ2v) is 10.4. The zero-order valence-corrected chi connectivity index (χ0v) is 21.8. The fraction of sp³-hybridized carbons (Fsp3) is 0.367. The van der Waals surface area contributed by atoms with Gasteiger partial charge in [-0.25, -0.2) is 0 Å². The lowest BCUT2D eigenvalue weighted by molar-refractivity contribution is -0.00429. The third kappa shape index (κ3) is 5.29. The Labute approximate surface area is 219 Å². The number of piperazine rings is 1. The second kappa shape index (κ2) is 10.4. The highest BCUT2D eigenvalue weighted by Crippen LogP contribution is 2.29. The van der Waals surface area contributed by atoms with E-state index in [1.807, 2.05) is 56.3 Å². The van der Waals surface area contributed by atoms with Gasteiger partial charge in [0.2, 0.25) is 0 Å². The summed E-state index contributed by atoms with van der Waals surface area (Å²) in [5, 5.41) is 0. The van der Waals surface area contributed by atoms with E-state index < -0.39 is 5.54 Å². The molecule has 3 aromatic rings. The van der Waals surface area contributed by atoms with Gasteiger partial charge in [-0.05, 0) is 55.3 Å². The van der Waals surface area contributed by atoms with Crippen molar-refractivity contribution in [1.29, 1.82) is 0 Å². The van der Waals surface area contributed by atoms with Crippen LogP contribution in [-0.2, 0) is 4.74 Å². The van der Waals surface area contributed by atoms with Crippen LogP contribution in [0.4, 0.5) is 22.7 Å². The van der Waals surface area contributed by atoms with E-state index in [0.717, 1.165) is 67.3 Å². The van der Waals surface area contributed by atoms with Gasteiger partial charge in [0.25, 0.3) is 0 Å². The highest BCUT2D eigenvalue weighted by atomic mass is 16.5. The van der Waals surface area contributed by atoms with Crippen LogP contribution in [0, 0.1) is 0 Å². The van der Waals surface area contributed by atoms with Crippen LogP contribution in [0.5, 0.6) is 0 Å². The fourth-order valence-electron chi connectivity index (χ4n) is 5.36. The summed E-state index contributed by atoms with van der Waals surface area (Å²) in [6.45, 7) is 10.6. The predicted molar refractivity (Wildman–Crippen MR) is 152 cm³/mol. The molecule has 0 bridgehead atoms. The number of nitrogens with two attached hydrogens (primary N) is 2. The van der Waals surface area contributed by atoms with Crippen molar-refractivity contribution in [2.45, 2.75) is 19.4 Å². The van der Waals surface area contributed by atoms with Crippen LogP contribution in [0.15, 0.2) is 66.7 Å². The number of nitrogens with zero attached hydrogens (tertiary/aromatic N) is 3. The SMILES string of the molecule is CC(C)(C(=O)c1ccc(-c2ccc(N3CCN(c4ccc(N)cc4N)CC3)cc2)cc1)N1CCOCC1. The van der Waals surface area contributed by atoms with Crippen molar-refractivity contribution in [2.75, 3.05) is 73.7 Å². The van der Waals surface area contributed by atoms with Gasteiger partial charge in [-0.2, -0.15) is 0 Å². The number of ether oxygens (including phenoxy) is 1. The van der Waals surface area contributed by atoms with Crippen LogP contribution in [0.3, 0.4) is 0 Å². The first-order valence-electron chi connectivity index (χ1n) is 13.1. The van der Waals surface area contributed by atoms with Gasteiger partial charge in [0.1, 0.15) is 0 Å². The third-order valence-electron chi connectivity index (χ3n) is 7.74. The van der Waals surface area contributed by atoms with E-state index in [4.69, 9.17) is 16.2 Å². The van der Waals surface area contributed by atoms with E-state index in [-0.39, 0.29) is 5.78 Å². The van der Waals surface area contributed by atoms with E-state index in [2.05, 4.69) is 39.0 Å². The van der Waals surface area contributed by atoms with Crippen LogP contribution < -0.4 is 21.3 Å². The van der Waals surface area contributed by atoms with Gasteiger partial charge in [0.15, 0.2) is 5.78 Å². The maximum atomic E-state index is 13.3. The van der Waals surface area contributed by atoms with Crippen LogP contribution in [0.25, 0.3) is 11.1 Å². The minimum absolute atomic E-state index is 0.149. The predicted octanol–water partition coefficient (Wildman–Crippen LogP) is 4.14. The lowest BCUT2D eigenvalue weighted by Gasteiger charge is -2.39. The molecule has 2 saturated heterocycles. The lowest BCUT2D eigenvalue weighted by atomic mass is 9.90. The first-order valence-corrected chi connectivity index (χ1v) is 13.1. The first-order chi connectivity index (χ1) is 17.8. The van der Waals surface area contributed by atoms with Crippen molar-refractivity contribution in [2.24, 2.45) is 0 Å². The second-order valence-electron chi connectivity index (χ2n) is 10.4. The summed E-state index contributed by atoms with van der Waals surface area (Å²) in [6, 6.07) is 22.4. The number of ketones is 1. The van der Waals surface area contributed by atoms with Crippen molar-refractivity contribution in [3.63, 3.8) is 0 Å². The summed E-state index contributed by atoms with van der Waals surface area (Å²) < 4.78 is 5.46. The average molecular weight is 500 g/mol. The number of Topliss-reactive ketones (excluding diaryl/α,β-unsaturated/α-hetero) is 1. The van der Waals surface area contributed by atoms with Gasteiger partial charge in [-0.3, -0.25) is 9.69 Å². The Bertz CT molecular complexity index is 1230. The van der Waals surface area contributed by atoms with Crippen molar-refractivity contribution >= 4 is 28.5 Å². The number of anilines is 4. The number of nitrogen functional groups attached to an aromatic ring is 2. The fourth-order valence-corrected chi connectivity index (χ4v) is 5.36. The summed E-state index contributed by atoms with van der Waals surface area (Å²) in [5.74, 6) is 0.149. The Morgan fingerprint density at radius 1 is 0.757 bits per heavy atom. The molecule has 2 aliphatic heterocycles. The molecule has 7 heteroatoms. The van der Waals surface area contributed by atoms with Gasteiger partial charge in [0.05, 0.1) is 30.1 Å². The Balaban J connectivity index is 1.21. The molecule has 2 heterocycles. The highest BCUT2D eigenvalue weighted by Gasteiger charge is 2.35. The first kappa shape index (κ1) is 25.1. The molecule has 5 rings (SSSR count). The molecule has 0 aromatic heterocycles. The molecule has 0 radical (unpaired) electrons. The number of rotatable bonds is 6. The number of hydrogen-bond donors (Lipinski definition) is 2. The number of carbonyl (C=O) groups excluding carboxylic acids is 1. The minimum Gasteiger partial charge on any atom is -0.399 e. The third-order valence-corrected chi connectivity index (χ3v) is 7.74. The van der Waals surface area contributed by atoms with Gasteiger partial charge in [0, 0.05) is 56.2 Å². The van der Waals surface area contributed by atoms with Gasteiger partial charge >= 0.3 is 0 Å². The molecule has 0 aliphatic carbocycles. The molecule has 0 unspecified atom stereocenters. The van der Waals surface area contributed by atoms with Crippen molar-refractivity contribution in [3.05, 3.63) is 72.3 Å². The van der Waals surface area contributed by atoms with Crippen LogP contribution in [-0.4, -0.2) is 68.7 Å². The zero-order valence-electron chi connectivity index (χ0n) is 21.8. The zero-order chi connectivity index (χ0) is 26.0. The molecule has 4 N–H and O–H groups in total. The van der Waals surface area contributed by atoms with Gasteiger partial charge in [-0.1, -0.05) is 36.4 Å². The molecule has 0 saturated carbocycles. The van der Waals surface area contributed by atoms with E-state index >= 15 is 0 Å². The quantitative estimate of drug-likeness (QED) is 0.389. The molecule has 0 amide bonds. The van der Waals surface area contributed by atoms with Crippen LogP contribution in [0.1, 0.15) is 24.2 Å². The molecule has 7 nitrogen and oxygen atoms in total.